The quantitative estimate of drug-likeness (QED) is 0.373. The Morgan fingerprint density at radius 3 is 2.06 bits per heavy atom. The van der Waals surface area contributed by atoms with Gasteiger partial charge < -0.3 is 20.3 Å². The molecule has 33 heavy (non-hydrogen) atoms. The lowest BCUT2D eigenvalue weighted by Crippen LogP contribution is -1.99. The predicted octanol–water partition coefficient (Wildman–Crippen LogP) is 5.77. The number of aromatic carboxylic acids is 1. The van der Waals surface area contributed by atoms with Crippen molar-refractivity contribution in [2.45, 2.75) is 6.54 Å². The van der Waals surface area contributed by atoms with Gasteiger partial charge in [-0.2, -0.15) is 4.98 Å². The maximum absolute atomic E-state index is 14.4. The van der Waals surface area contributed by atoms with Crippen molar-refractivity contribution in [2.24, 2.45) is 5.73 Å². The van der Waals surface area contributed by atoms with E-state index in [9.17, 15) is 13.6 Å². The Morgan fingerprint density at radius 2 is 1.42 bits per heavy atom. The van der Waals surface area contributed by atoms with Crippen molar-refractivity contribution >= 4 is 5.97 Å². The largest absolute Gasteiger partial charge is 0.478 e. The number of ether oxygens (including phenoxy) is 2. The van der Waals surface area contributed by atoms with Crippen molar-refractivity contribution in [1.29, 1.82) is 0 Å². The van der Waals surface area contributed by atoms with Gasteiger partial charge in [0.05, 0.1) is 5.56 Å². The Morgan fingerprint density at radius 1 is 0.818 bits per heavy atom. The number of rotatable bonds is 7. The molecule has 0 aliphatic carbocycles. The third-order valence-electron chi connectivity index (χ3n) is 4.73. The zero-order valence-corrected chi connectivity index (χ0v) is 17.2. The van der Waals surface area contributed by atoms with E-state index < -0.39 is 29.4 Å². The molecule has 0 aliphatic rings. The fourth-order valence-electron chi connectivity index (χ4n) is 3.08. The average molecular weight is 448 g/mol. The molecule has 3 aromatic carbocycles. The van der Waals surface area contributed by atoms with E-state index >= 15 is 0 Å². The van der Waals surface area contributed by atoms with Crippen LogP contribution in [-0.4, -0.2) is 16.1 Å². The summed E-state index contributed by atoms with van der Waals surface area (Å²) in [6.07, 6.45) is 0. The summed E-state index contributed by atoms with van der Waals surface area (Å²) in [5.74, 6) is -3.71. The van der Waals surface area contributed by atoms with Crippen LogP contribution in [0.2, 0.25) is 0 Å². The summed E-state index contributed by atoms with van der Waals surface area (Å²) in [5, 5.41) is 8.96. The van der Waals surface area contributed by atoms with Gasteiger partial charge in [0.2, 0.25) is 0 Å². The number of carboxylic acid groups (broad SMARTS) is 1. The van der Waals surface area contributed by atoms with E-state index in [4.69, 9.17) is 20.3 Å². The molecular formula is C25H18F2N2O4. The number of benzene rings is 3. The van der Waals surface area contributed by atoms with E-state index in [-0.39, 0.29) is 11.3 Å². The van der Waals surface area contributed by atoms with Gasteiger partial charge in [0.1, 0.15) is 11.5 Å². The first-order valence-corrected chi connectivity index (χ1v) is 9.87. The molecule has 0 saturated carbocycles. The van der Waals surface area contributed by atoms with Gasteiger partial charge in [0.15, 0.2) is 11.6 Å². The molecule has 3 N–H and O–H groups in total. The minimum atomic E-state index is -1.11. The lowest BCUT2D eigenvalue weighted by Gasteiger charge is -2.11. The zero-order valence-electron chi connectivity index (χ0n) is 17.2. The number of carboxylic acids is 1. The highest BCUT2D eigenvalue weighted by Crippen LogP contribution is 2.32. The Balaban J connectivity index is 1.59. The van der Waals surface area contributed by atoms with Crippen molar-refractivity contribution in [3.8, 4) is 34.4 Å². The summed E-state index contributed by atoms with van der Waals surface area (Å²) >= 11 is 0. The minimum absolute atomic E-state index is 0.0378. The Bertz CT molecular complexity index is 1310. The van der Waals surface area contributed by atoms with Gasteiger partial charge in [-0.15, -0.1) is 0 Å². The number of nitrogens with zero attached hydrogens (tertiary/aromatic N) is 1. The molecule has 4 rings (SSSR count). The summed E-state index contributed by atoms with van der Waals surface area (Å²) in [4.78, 5) is 14.8. The van der Waals surface area contributed by atoms with Crippen molar-refractivity contribution in [3.63, 3.8) is 0 Å². The van der Waals surface area contributed by atoms with E-state index in [0.29, 0.717) is 18.4 Å². The second-order valence-corrected chi connectivity index (χ2v) is 7.03. The molecule has 0 atom stereocenters. The molecule has 8 heteroatoms. The normalized spacial score (nSPS) is 10.6. The fraction of sp³-hybridized carbons (Fsp3) is 0.0400. The number of aromatic nitrogens is 1. The standard InChI is InChI=1S/C25H18F2N2O4/c26-21-13-22(27)24(29-23(21)32-19-9-7-16(8-10-19)25(30)31)33-20-6-2-5-18(12-20)17-4-1-3-15(11-17)14-28/h1-13H,14,28H2,(H,30,31). The number of nitrogens with two attached hydrogens (primary N) is 1. The van der Waals surface area contributed by atoms with Crippen molar-refractivity contribution < 1.29 is 28.2 Å². The summed E-state index contributed by atoms with van der Waals surface area (Å²) < 4.78 is 39.5. The van der Waals surface area contributed by atoms with Crippen molar-refractivity contribution in [2.75, 3.05) is 0 Å². The van der Waals surface area contributed by atoms with Crippen molar-refractivity contribution in [1.82, 2.24) is 4.98 Å². The lowest BCUT2D eigenvalue weighted by atomic mass is 10.0. The summed E-state index contributed by atoms with van der Waals surface area (Å²) in [6.45, 7) is 0.399. The second kappa shape index (κ2) is 9.46. The summed E-state index contributed by atoms with van der Waals surface area (Å²) in [7, 11) is 0. The maximum atomic E-state index is 14.4. The minimum Gasteiger partial charge on any atom is -0.478 e. The number of halogens is 2. The second-order valence-electron chi connectivity index (χ2n) is 7.03. The summed E-state index contributed by atoms with van der Waals surface area (Å²) in [5.41, 5.74) is 8.43. The molecule has 6 nitrogen and oxygen atoms in total. The SMILES string of the molecule is NCc1cccc(-c2cccc(Oc3nc(Oc4ccc(C(=O)O)cc4)c(F)cc3F)c2)c1. The van der Waals surface area contributed by atoms with Crippen LogP contribution >= 0.6 is 0 Å². The number of pyridine rings is 1. The van der Waals surface area contributed by atoms with E-state index in [1.54, 1.807) is 18.2 Å². The third-order valence-corrected chi connectivity index (χ3v) is 4.73. The first kappa shape index (κ1) is 21.9. The van der Waals surface area contributed by atoms with Gasteiger partial charge in [-0.05, 0) is 59.2 Å². The highest BCUT2D eigenvalue weighted by Gasteiger charge is 2.16. The molecule has 166 valence electrons. The Labute approximate surface area is 187 Å². The van der Waals surface area contributed by atoms with E-state index in [2.05, 4.69) is 4.98 Å². The van der Waals surface area contributed by atoms with Gasteiger partial charge in [0, 0.05) is 12.6 Å². The van der Waals surface area contributed by atoms with Crippen LogP contribution in [0.15, 0.2) is 78.9 Å². The van der Waals surface area contributed by atoms with E-state index in [1.807, 2.05) is 30.3 Å². The molecule has 0 bridgehead atoms. The molecule has 0 unspecified atom stereocenters. The van der Waals surface area contributed by atoms with E-state index in [0.717, 1.165) is 16.7 Å². The Kier molecular flexibility index (Phi) is 6.28. The monoisotopic (exact) mass is 448 g/mol. The van der Waals surface area contributed by atoms with Crippen molar-refractivity contribution in [3.05, 3.63) is 102 Å². The molecule has 0 fully saturated rings. The first-order chi connectivity index (χ1) is 15.9. The molecule has 0 radical (unpaired) electrons. The molecule has 4 aromatic rings. The molecule has 1 aromatic heterocycles. The molecule has 0 spiro atoms. The first-order valence-electron chi connectivity index (χ1n) is 9.87. The number of hydrogen-bond acceptors (Lipinski definition) is 5. The van der Waals surface area contributed by atoms with Gasteiger partial charge in [0.25, 0.3) is 11.8 Å². The number of hydrogen-bond donors (Lipinski definition) is 2. The molecular weight excluding hydrogens is 430 g/mol. The van der Waals surface area contributed by atoms with Gasteiger partial charge in [-0.1, -0.05) is 30.3 Å². The summed E-state index contributed by atoms with van der Waals surface area (Å²) in [6, 6.07) is 20.5. The van der Waals surface area contributed by atoms with Gasteiger partial charge in [-0.3, -0.25) is 0 Å². The maximum Gasteiger partial charge on any atom is 0.335 e. The average Bonchev–Trinajstić information content (AvgIpc) is 2.82. The van der Waals surface area contributed by atoms with Crippen LogP contribution in [0.25, 0.3) is 11.1 Å². The molecule has 0 amide bonds. The van der Waals surface area contributed by atoms with Crippen LogP contribution in [0.3, 0.4) is 0 Å². The van der Waals surface area contributed by atoms with E-state index in [1.165, 1.54) is 24.3 Å². The van der Waals surface area contributed by atoms with Crippen LogP contribution in [0.4, 0.5) is 8.78 Å². The number of carbonyl (C=O) groups is 1. The van der Waals surface area contributed by atoms with Gasteiger partial charge >= 0.3 is 5.97 Å². The Hall–Kier alpha value is -4.30. The van der Waals surface area contributed by atoms with Crippen LogP contribution in [-0.2, 0) is 6.54 Å². The van der Waals surface area contributed by atoms with Crippen LogP contribution in [0.5, 0.6) is 23.3 Å². The highest BCUT2D eigenvalue weighted by atomic mass is 19.1. The highest BCUT2D eigenvalue weighted by molar-refractivity contribution is 5.87. The third kappa shape index (κ3) is 5.13. The lowest BCUT2D eigenvalue weighted by molar-refractivity contribution is 0.0697. The van der Waals surface area contributed by atoms with Crippen LogP contribution in [0, 0.1) is 11.6 Å². The molecule has 0 aliphatic heterocycles. The smallest absolute Gasteiger partial charge is 0.335 e. The predicted molar refractivity (Wildman–Crippen MR) is 117 cm³/mol. The topological polar surface area (TPSA) is 94.7 Å². The van der Waals surface area contributed by atoms with Crippen LogP contribution in [0.1, 0.15) is 15.9 Å². The van der Waals surface area contributed by atoms with Crippen LogP contribution < -0.4 is 15.2 Å². The molecule has 1 heterocycles. The zero-order chi connectivity index (χ0) is 23.4. The fourth-order valence-corrected chi connectivity index (χ4v) is 3.08. The van der Waals surface area contributed by atoms with Gasteiger partial charge in [-0.25, -0.2) is 13.6 Å². The molecule has 0 saturated heterocycles.